The number of hydrogen-bond acceptors (Lipinski definition) is 5. The van der Waals surface area contributed by atoms with Gasteiger partial charge in [0.1, 0.15) is 12.0 Å². The molecule has 2 fully saturated rings. The van der Waals surface area contributed by atoms with Crippen LogP contribution in [0.5, 0.6) is 0 Å². The van der Waals surface area contributed by atoms with Crippen LogP contribution in [0, 0.1) is 16.0 Å². The minimum atomic E-state index is -0.417. The molecule has 3 heterocycles. The molecule has 21 heavy (non-hydrogen) atoms. The lowest BCUT2D eigenvalue weighted by Crippen LogP contribution is -2.41. The molecule has 2 aliphatic heterocycles. The van der Waals surface area contributed by atoms with Gasteiger partial charge in [0.05, 0.1) is 9.40 Å². The van der Waals surface area contributed by atoms with Gasteiger partial charge in [0.15, 0.2) is 0 Å². The predicted octanol–water partition coefficient (Wildman–Crippen LogP) is 2.72. The maximum absolute atomic E-state index is 10.8. The van der Waals surface area contributed by atoms with E-state index in [0.717, 1.165) is 44.2 Å². The molecule has 1 atom stereocenters. The van der Waals surface area contributed by atoms with Gasteiger partial charge in [0.25, 0.3) is 5.69 Å². The number of halogens is 1. The molecule has 0 bridgehead atoms. The second kappa shape index (κ2) is 6.27. The molecule has 0 radical (unpaired) electrons. The Morgan fingerprint density at radius 2 is 2.14 bits per heavy atom. The number of piperidine rings is 1. The molecule has 6 nitrogen and oxygen atoms in total. The average Bonchev–Trinajstić information content (AvgIpc) is 3.01. The van der Waals surface area contributed by atoms with E-state index in [1.807, 2.05) is 0 Å². The Kier molecular flexibility index (Phi) is 4.40. The number of nitrogens with one attached hydrogen (secondary N) is 1. The van der Waals surface area contributed by atoms with Crippen molar-refractivity contribution < 1.29 is 4.92 Å². The lowest BCUT2D eigenvalue weighted by atomic mass is 9.88. The molecule has 1 aromatic heterocycles. The van der Waals surface area contributed by atoms with Gasteiger partial charge in [-0.1, -0.05) is 0 Å². The van der Waals surface area contributed by atoms with E-state index < -0.39 is 4.92 Å². The summed E-state index contributed by atoms with van der Waals surface area (Å²) >= 11 is 3.41. The summed E-state index contributed by atoms with van der Waals surface area (Å²) in [6.45, 7) is 3.08. The van der Waals surface area contributed by atoms with Gasteiger partial charge in [-0.3, -0.25) is 10.1 Å². The number of anilines is 1. The van der Waals surface area contributed by atoms with Crippen LogP contribution in [0.1, 0.15) is 25.7 Å². The normalized spacial score (nSPS) is 23.5. The standard InChI is InChI=1S/C14H19BrN4O2/c15-12-8-11(19(20)21)9-17-14(12)18-6-3-10(4-7-18)13-2-1-5-16-13/h8-10,13,16H,1-7H2. The highest BCUT2D eigenvalue weighted by Gasteiger charge is 2.29. The molecule has 0 saturated carbocycles. The van der Waals surface area contributed by atoms with Crippen LogP contribution in [0.25, 0.3) is 0 Å². The van der Waals surface area contributed by atoms with Crippen molar-refractivity contribution in [3.05, 3.63) is 26.9 Å². The Balaban J connectivity index is 1.65. The number of pyridine rings is 1. The van der Waals surface area contributed by atoms with Gasteiger partial charge in [-0.05, 0) is 54.1 Å². The van der Waals surface area contributed by atoms with E-state index in [9.17, 15) is 10.1 Å². The van der Waals surface area contributed by atoms with Gasteiger partial charge in [0, 0.05) is 25.2 Å². The summed E-state index contributed by atoms with van der Waals surface area (Å²) in [4.78, 5) is 16.8. The summed E-state index contributed by atoms with van der Waals surface area (Å²) in [5.74, 6) is 1.57. The van der Waals surface area contributed by atoms with Crippen LogP contribution < -0.4 is 10.2 Å². The summed E-state index contributed by atoms with van der Waals surface area (Å²) in [5.41, 5.74) is 0.0238. The van der Waals surface area contributed by atoms with E-state index in [-0.39, 0.29) is 5.69 Å². The molecule has 0 amide bonds. The highest BCUT2D eigenvalue weighted by molar-refractivity contribution is 9.10. The predicted molar refractivity (Wildman–Crippen MR) is 84.6 cm³/mol. The first kappa shape index (κ1) is 14.7. The second-order valence-electron chi connectivity index (χ2n) is 5.78. The molecular weight excluding hydrogens is 336 g/mol. The topological polar surface area (TPSA) is 71.3 Å². The summed E-state index contributed by atoms with van der Waals surface area (Å²) in [6, 6.07) is 2.22. The fourth-order valence-electron chi connectivity index (χ4n) is 3.38. The van der Waals surface area contributed by atoms with E-state index >= 15 is 0 Å². The van der Waals surface area contributed by atoms with Crippen molar-refractivity contribution in [2.45, 2.75) is 31.7 Å². The minimum Gasteiger partial charge on any atom is -0.356 e. The van der Waals surface area contributed by atoms with Gasteiger partial charge in [0.2, 0.25) is 0 Å². The Hall–Kier alpha value is -1.21. The molecule has 114 valence electrons. The number of nitrogens with zero attached hydrogens (tertiary/aromatic N) is 3. The fraction of sp³-hybridized carbons (Fsp3) is 0.643. The van der Waals surface area contributed by atoms with Gasteiger partial charge in [-0.15, -0.1) is 0 Å². The third kappa shape index (κ3) is 3.18. The first-order valence-corrected chi connectivity index (χ1v) is 8.22. The molecule has 2 aliphatic rings. The first-order valence-electron chi connectivity index (χ1n) is 7.43. The van der Waals surface area contributed by atoms with Crippen molar-refractivity contribution in [3.63, 3.8) is 0 Å². The van der Waals surface area contributed by atoms with Crippen LogP contribution in [0.2, 0.25) is 0 Å². The molecule has 2 saturated heterocycles. The highest BCUT2D eigenvalue weighted by Crippen LogP contribution is 2.32. The van der Waals surface area contributed by atoms with Crippen molar-refractivity contribution in [2.75, 3.05) is 24.5 Å². The molecule has 0 aliphatic carbocycles. The van der Waals surface area contributed by atoms with Crippen LogP contribution in [-0.2, 0) is 0 Å². The van der Waals surface area contributed by atoms with Gasteiger partial charge in [-0.2, -0.15) is 0 Å². The third-order valence-electron chi connectivity index (χ3n) is 4.52. The van der Waals surface area contributed by atoms with Crippen LogP contribution in [0.4, 0.5) is 11.5 Å². The molecule has 1 aromatic rings. The minimum absolute atomic E-state index is 0.0238. The maximum Gasteiger partial charge on any atom is 0.288 e. The lowest BCUT2D eigenvalue weighted by Gasteiger charge is -2.35. The van der Waals surface area contributed by atoms with Crippen LogP contribution >= 0.6 is 15.9 Å². The SMILES string of the molecule is O=[N+]([O-])c1cnc(N2CCC(C3CCCN3)CC2)c(Br)c1. The largest absolute Gasteiger partial charge is 0.356 e. The Morgan fingerprint density at radius 1 is 1.38 bits per heavy atom. The Morgan fingerprint density at radius 3 is 2.71 bits per heavy atom. The van der Waals surface area contributed by atoms with Gasteiger partial charge < -0.3 is 10.2 Å². The first-order chi connectivity index (χ1) is 10.1. The van der Waals surface area contributed by atoms with E-state index in [0.29, 0.717) is 10.5 Å². The van der Waals surface area contributed by atoms with E-state index in [4.69, 9.17) is 0 Å². The van der Waals surface area contributed by atoms with Crippen molar-refractivity contribution in [1.82, 2.24) is 10.3 Å². The quantitative estimate of drug-likeness (QED) is 0.667. The molecule has 7 heteroatoms. The van der Waals surface area contributed by atoms with Crippen molar-refractivity contribution >= 4 is 27.4 Å². The smallest absolute Gasteiger partial charge is 0.288 e. The number of hydrogen-bond donors (Lipinski definition) is 1. The summed E-state index contributed by atoms with van der Waals surface area (Å²) in [6.07, 6.45) is 6.24. The molecule has 0 spiro atoms. The molecular formula is C14H19BrN4O2. The highest BCUT2D eigenvalue weighted by atomic mass is 79.9. The summed E-state index contributed by atoms with van der Waals surface area (Å²) in [7, 11) is 0. The molecule has 1 N–H and O–H groups in total. The zero-order chi connectivity index (χ0) is 14.8. The van der Waals surface area contributed by atoms with Gasteiger partial charge in [-0.25, -0.2) is 4.98 Å². The second-order valence-corrected chi connectivity index (χ2v) is 6.64. The average molecular weight is 355 g/mol. The van der Waals surface area contributed by atoms with E-state index in [1.165, 1.54) is 25.1 Å². The van der Waals surface area contributed by atoms with Crippen LogP contribution in [-0.4, -0.2) is 35.6 Å². The molecule has 3 rings (SSSR count). The van der Waals surface area contributed by atoms with Crippen LogP contribution in [0.3, 0.4) is 0 Å². The lowest BCUT2D eigenvalue weighted by molar-refractivity contribution is -0.385. The van der Waals surface area contributed by atoms with Crippen LogP contribution in [0.15, 0.2) is 16.7 Å². The van der Waals surface area contributed by atoms with Crippen molar-refractivity contribution in [3.8, 4) is 0 Å². The maximum atomic E-state index is 10.8. The van der Waals surface area contributed by atoms with E-state index in [1.54, 1.807) is 0 Å². The third-order valence-corrected chi connectivity index (χ3v) is 5.11. The molecule has 0 aromatic carbocycles. The fourth-order valence-corrected chi connectivity index (χ4v) is 3.97. The molecule has 1 unspecified atom stereocenters. The monoisotopic (exact) mass is 354 g/mol. The Bertz CT molecular complexity index is 526. The van der Waals surface area contributed by atoms with Crippen molar-refractivity contribution in [2.24, 2.45) is 5.92 Å². The zero-order valence-corrected chi connectivity index (χ0v) is 13.4. The number of aromatic nitrogens is 1. The number of rotatable bonds is 3. The number of nitro groups is 1. The summed E-state index contributed by atoms with van der Waals surface area (Å²) in [5, 5.41) is 14.3. The van der Waals surface area contributed by atoms with Crippen molar-refractivity contribution in [1.29, 1.82) is 0 Å². The van der Waals surface area contributed by atoms with Gasteiger partial charge >= 0.3 is 0 Å². The summed E-state index contributed by atoms with van der Waals surface area (Å²) < 4.78 is 0.703. The zero-order valence-electron chi connectivity index (χ0n) is 11.8. The van der Waals surface area contributed by atoms with E-state index in [2.05, 4.69) is 31.1 Å². The Labute approximate surface area is 132 Å².